The zero-order valence-corrected chi connectivity index (χ0v) is 17.5. The van der Waals surface area contributed by atoms with Gasteiger partial charge < -0.3 is 16.2 Å². The number of carboxylic acids is 1. The van der Waals surface area contributed by atoms with Crippen LogP contribution >= 0.6 is 0 Å². The van der Waals surface area contributed by atoms with Crippen molar-refractivity contribution in [3.05, 3.63) is 89.9 Å². The number of hydrogen-bond acceptors (Lipinski definition) is 6. The second kappa shape index (κ2) is 10.4. The molecule has 0 saturated heterocycles. The lowest BCUT2D eigenvalue weighted by Crippen LogP contribution is -2.22. The van der Waals surface area contributed by atoms with Gasteiger partial charge >= 0.3 is 12.1 Å². The third-order valence-electron chi connectivity index (χ3n) is 4.36. The number of aliphatic carboxylic acids is 1. The molecule has 2 heterocycles. The number of benzene rings is 1. The molecule has 0 aliphatic carbocycles. The molecule has 3 aromatic rings. The molecule has 4 N–H and O–H groups in total. The van der Waals surface area contributed by atoms with Crippen LogP contribution in [-0.4, -0.2) is 38.8 Å². The van der Waals surface area contributed by atoms with Crippen molar-refractivity contribution in [1.29, 1.82) is 0 Å². The molecule has 174 valence electrons. The fourth-order valence-corrected chi connectivity index (χ4v) is 2.79. The number of carbonyl (C=O) groups excluding carboxylic acids is 1. The van der Waals surface area contributed by atoms with Crippen molar-refractivity contribution in [2.75, 3.05) is 5.32 Å². The number of amides is 1. The van der Waals surface area contributed by atoms with E-state index in [-0.39, 0.29) is 29.2 Å². The van der Waals surface area contributed by atoms with Gasteiger partial charge in [0.25, 0.3) is 5.91 Å². The zero-order chi connectivity index (χ0) is 24.7. The number of allylic oxidation sites excluding steroid dienone is 1. The minimum atomic E-state index is -4.78. The average Bonchev–Trinajstić information content (AvgIpc) is 2.79. The summed E-state index contributed by atoms with van der Waals surface area (Å²) < 4.78 is 40.4. The van der Waals surface area contributed by atoms with E-state index in [1.165, 1.54) is 42.7 Å². The molecule has 0 unspecified atom stereocenters. The Hall–Kier alpha value is -4.54. The highest BCUT2D eigenvalue weighted by molar-refractivity contribution is 6.05. The third kappa shape index (κ3) is 6.73. The van der Waals surface area contributed by atoms with Crippen molar-refractivity contribution < 1.29 is 27.9 Å². The van der Waals surface area contributed by atoms with E-state index in [1.807, 2.05) is 0 Å². The number of carbonyl (C=O) groups is 2. The van der Waals surface area contributed by atoms with Crippen LogP contribution in [0.15, 0.2) is 78.2 Å². The number of rotatable bonds is 7. The molecule has 0 fully saturated rings. The van der Waals surface area contributed by atoms with Crippen LogP contribution in [0.1, 0.15) is 21.5 Å². The number of anilines is 1. The van der Waals surface area contributed by atoms with Gasteiger partial charge in [0.15, 0.2) is 0 Å². The molecule has 0 aliphatic heterocycles. The van der Waals surface area contributed by atoms with Gasteiger partial charge in [0.05, 0.1) is 18.3 Å². The second-order valence-corrected chi connectivity index (χ2v) is 6.96. The van der Waals surface area contributed by atoms with E-state index < -0.39 is 23.8 Å². The Morgan fingerprint density at radius 2 is 1.85 bits per heavy atom. The topological polar surface area (TPSA) is 131 Å². The summed E-state index contributed by atoms with van der Waals surface area (Å²) in [5.74, 6) is -1.52. The number of nitrogens with zero attached hydrogens (tertiary/aromatic N) is 3. The summed E-state index contributed by atoms with van der Waals surface area (Å²) in [6.07, 6.45) is -0.453. The summed E-state index contributed by atoms with van der Waals surface area (Å²) in [5.41, 5.74) is 5.22. The predicted octanol–water partition coefficient (Wildman–Crippen LogP) is 3.99. The van der Waals surface area contributed by atoms with Gasteiger partial charge in [-0.2, -0.15) is 13.2 Å². The van der Waals surface area contributed by atoms with Crippen molar-refractivity contribution in [2.45, 2.75) is 12.6 Å². The predicted molar refractivity (Wildman–Crippen MR) is 120 cm³/mol. The first-order valence-corrected chi connectivity index (χ1v) is 9.73. The summed E-state index contributed by atoms with van der Waals surface area (Å²) in [4.78, 5) is 34.6. The average molecular weight is 469 g/mol. The molecule has 34 heavy (non-hydrogen) atoms. The van der Waals surface area contributed by atoms with Crippen LogP contribution in [0.4, 0.5) is 24.7 Å². The fourth-order valence-electron chi connectivity index (χ4n) is 2.79. The summed E-state index contributed by atoms with van der Waals surface area (Å²) >= 11 is 0. The van der Waals surface area contributed by atoms with Crippen LogP contribution in [0.25, 0.3) is 5.70 Å². The van der Waals surface area contributed by atoms with Gasteiger partial charge in [-0.3, -0.25) is 14.6 Å². The lowest BCUT2D eigenvalue weighted by Gasteiger charge is -2.09. The SMILES string of the molecule is NC(=CC(=Nc1ccc(NC(=O)c2cccc(CC(=O)O)c2)nc1)C(F)(F)F)c1cccnc1. The standard InChI is InChI=1S/C23H18F3N5O3/c24-23(25,26)19(11-18(27)16-5-2-8-28-12-16)30-17-6-7-20(29-13-17)31-22(34)15-4-1-3-14(9-15)10-21(32)33/h1-9,11-13H,10,27H2,(H,32,33)(H,29,31,34). The normalized spacial score (nSPS) is 12.3. The summed E-state index contributed by atoms with van der Waals surface area (Å²) in [5, 5.41) is 11.4. The molecule has 0 bridgehead atoms. The molecule has 1 amide bonds. The highest BCUT2D eigenvalue weighted by Gasteiger charge is 2.34. The van der Waals surface area contributed by atoms with E-state index in [1.54, 1.807) is 18.2 Å². The molecule has 0 saturated carbocycles. The number of hydrogen-bond donors (Lipinski definition) is 3. The number of aromatic nitrogens is 2. The zero-order valence-electron chi connectivity index (χ0n) is 17.5. The molecular weight excluding hydrogens is 451 g/mol. The first-order chi connectivity index (χ1) is 16.1. The monoisotopic (exact) mass is 469 g/mol. The van der Waals surface area contributed by atoms with Gasteiger partial charge in [0, 0.05) is 29.2 Å². The highest BCUT2D eigenvalue weighted by Crippen LogP contribution is 2.24. The smallest absolute Gasteiger partial charge is 0.433 e. The highest BCUT2D eigenvalue weighted by atomic mass is 19.4. The first kappa shape index (κ1) is 24.1. The van der Waals surface area contributed by atoms with Crippen molar-refractivity contribution in [3.8, 4) is 0 Å². The number of pyridine rings is 2. The number of nitrogens with one attached hydrogen (secondary N) is 1. The number of aliphatic imine (C=N–C) groups is 1. The minimum absolute atomic E-state index is 0.0755. The molecule has 0 atom stereocenters. The lowest BCUT2D eigenvalue weighted by atomic mass is 10.1. The largest absolute Gasteiger partial charge is 0.481 e. The van der Waals surface area contributed by atoms with Crippen molar-refractivity contribution >= 4 is 34.8 Å². The van der Waals surface area contributed by atoms with E-state index in [4.69, 9.17) is 10.8 Å². The maximum Gasteiger partial charge on any atom is 0.433 e. The Labute approximate surface area is 191 Å². The van der Waals surface area contributed by atoms with E-state index in [2.05, 4.69) is 20.3 Å². The molecular formula is C23H18F3N5O3. The van der Waals surface area contributed by atoms with Crippen LogP contribution in [-0.2, 0) is 11.2 Å². The maximum absolute atomic E-state index is 13.5. The number of halogens is 3. The molecule has 0 radical (unpaired) electrons. The van der Waals surface area contributed by atoms with Gasteiger partial charge in [-0.1, -0.05) is 12.1 Å². The maximum atomic E-state index is 13.5. The van der Waals surface area contributed by atoms with Crippen molar-refractivity contribution in [3.63, 3.8) is 0 Å². The van der Waals surface area contributed by atoms with E-state index >= 15 is 0 Å². The Morgan fingerprint density at radius 3 is 2.47 bits per heavy atom. The molecule has 11 heteroatoms. The Balaban J connectivity index is 1.78. The molecule has 0 aliphatic rings. The summed E-state index contributed by atoms with van der Waals surface area (Å²) in [6.45, 7) is 0. The first-order valence-electron chi connectivity index (χ1n) is 9.73. The minimum Gasteiger partial charge on any atom is -0.481 e. The third-order valence-corrected chi connectivity index (χ3v) is 4.36. The lowest BCUT2D eigenvalue weighted by molar-refractivity contribution is -0.136. The van der Waals surface area contributed by atoms with Gasteiger partial charge in [0.1, 0.15) is 11.5 Å². The molecule has 8 nitrogen and oxygen atoms in total. The van der Waals surface area contributed by atoms with Crippen LogP contribution in [0, 0.1) is 0 Å². The number of carboxylic acid groups (broad SMARTS) is 1. The molecule has 0 spiro atoms. The van der Waals surface area contributed by atoms with Gasteiger partial charge in [-0.15, -0.1) is 0 Å². The van der Waals surface area contributed by atoms with Gasteiger partial charge in [-0.05, 0) is 48.0 Å². The quantitative estimate of drug-likeness (QED) is 0.449. The summed E-state index contributed by atoms with van der Waals surface area (Å²) in [7, 11) is 0. The van der Waals surface area contributed by atoms with E-state index in [0.717, 1.165) is 6.20 Å². The van der Waals surface area contributed by atoms with E-state index in [0.29, 0.717) is 17.2 Å². The molecule has 3 rings (SSSR count). The van der Waals surface area contributed by atoms with Gasteiger partial charge in [0.2, 0.25) is 0 Å². The van der Waals surface area contributed by atoms with Crippen LogP contribution in [0.5, 0.6) is 0 Å². The fraction of sp³-hybridized carbons (Fsp3) is 0.0870. The van der Waals surface area contributed by atoms with Crippen molar-refractivity contribution in [1.82, 2.24) is 9.97 Å². The Bertz CT molecular complexity index is 1240. The molecule has 2 aromatic heterocycles. The molecule has 1 aromatic carbocycles. The number of alkyl halides is 3. The van der Waals surface area contributed by atoms with Crippen molar-refractivity contribution in [2.24, 2.45) is 10.7 Å². The van der Waals surface area contributed by atoms with Crippen LogP contribution in [0.2, 0.25) is 0 Å². The summed E-state index contributed by atoms with van der Waals surface area (Å²) in [6, 6.07) is 11.6. The Kier molecular flexibility index (Phi) is 7.36. The van der Waals surface area contributed by atoms with Gasteiger partial charge in [-0.25, -0.2) is 9.98 Å². The van der Waals surface area contributed by atoms with Crippen LogP contribution in [0.3, 0.4) is 0 Å². The van der Waals surface area contributed by atoms with E-state index in [9.17, 15) is 22.8 Å². The number of nitrogens with two attached hydrogens (primary N) is 1. The van der Waals surface area contributed by atoms with Crippen LogP contribution < -0.4 is 11.1 Å². The second-order valence-electron chi connectivity index (χ2n) is 6.96. The Morgan fingerprint density at radius 1 is 1.09 bits per heavy atom.